The number of carbonyl (C=O) groups is 1. The number of pyridine rings is 1. The molecule has 1 aliphatic rings. The topological polar surface area (TPSA) is 54.0 Å². The van der Waals surface area contributed by atoms with Crippen LogP contribution in [0.1, 0.15) is 31.9 Å². The first-order valence-electron chi connectivity index (χ1n) is 5.75. The third kappa shape index (κ3) is 2.15. The Balaban J connectivity index is 2.16. The first-order valence-corrected chi connectivity index (χ1v) is 5.75. The predicted octanol–water partition coefficient (Wildman–Crippen LogP) is 2.31. The lowest BCUT2D eigenvalue weighted by molar-refractivity contribution is -0.117. The van der Waals surface area contributed by atoms with Crippen molar-refractivity contribution in [2.75, 3.05) is 10.6 Å². The number of unbranched alkanes of at least 4 members (excludes halogenated alkanes) is 1. The molecule has 1 amide bonds. The molecule has 2 heterocycles. The summed E-state index contributed by atoms with van der Waals surface area (Å²) in [7, 11) is 0. The zero-order valence-electron chi connectivity index (χ0n) is 9.71. The summed E-state index contributed by atoms with van der Waals surface area (Å²) in [5.41, 5.74) is 1.74. The van der Waals surface area contributed by atoms with E-state index in [-0.39, 0.29) is 11.9 Å². The number of hydrogen-bond acceptors (Lipinski definition) is 3. The van der Waals surface area contributed by atoms with Crippen molar-refractivity contribution in [2.24, 2.45) is 0 Å². The van der Waals surface area contributed by atoms with E-state index in [1.807, 2.05) is 19.1 Å². The highest BCUT2D eigenvalue weighted by atomic mass is 16.2. The van der Waals surface area contributed by atoms with Crippen LogP contribution < -0.4 is 10.6 Å². The highest BCUT2D eigenvalue weighted by Crippen LogP contribution is 2.25. The van der Waals surface area contributed by atoms with Crippen molar-refractivity contribution in [1.29, 1.82) is 0 Å². The molecule has 0 fully saturated rings. The average Bonchev–Trinajstić information content (AvgIpc) is 2.27. The van der Waals surface area contributed by atoms with Crippen LogP contribution in [-0.4, -0.2) is 16.9 Å². The van der Waals surface area contributed by atoms with Crippen LogP contribution in [0, 0.1) is 6.92 Å². The van der Waals surface area contributed by atoms with Crippen LogP contribution in [0.5, 0.6) is 0 Å². The third-order valence-electron chi connectivity index (χ3n) is 2.77. The highest BCUT2D eigenvalue weighted by molar-refractivity contribution is 6.02. The first kappa shape index (κ1) is 10.9. The number of amides is 1. The molecule has 1 aromatic rings. The number of aromatic nitrogens is 1. The summed E-state index contributed by atoms with van der Waals surface area (Å²) >= 11 is 0. The van der Waals surface area contributed by atoms with Gasteiger partial charge in [-0.25, -0.2) is 4.98 Å². The lowest BCUT2D eigenvalue weighted by atomic mass is 10.1. The van der Waals surface area contributed by atoms with Gasteiger partial charge in [-0.1, -0.05) is 19.8 Å². The molecule has 0 bridgehead atoms. The van der Waals surface area contributed by atoms with Gasteiger partial charge in [0.25, 0.3) is 0 Å². The summed E-state index contributed by atoms with van der Waals surface area (Å²) < 4.78 is 0. The Morgan fingerprint density at radius 3 is 3.00 bits per heavy atom. The molecule has 4 nitrogen and oxygen atoms in total. The van der Waals surface area contributed by atoms with Gasteiger partial charge in [-0.05, 0) is 25.5 Å². The van der Waals surface area contributed by atoms with Crippen molar-refractivity contribution in [2.45, 2.75) is 39.2 Å². The molecule has 0 saturated carbocycles. The smallest absolute Gasteiger partial charge is 0.247 e. The molecule has 0 spiro atoms. The Bertz CT molecular complexity index is 403. The number of fused-ring (bicyclic) bond motifs is 1. The molecule has 4 heteroatoms. The number of rotatable bonds is 3. The maximum Gasteiger partial charge on any atom is 0.247 e. The normalized spacial score (nSPS) is 18.6. The van der Waals surface area contributed by atoms with E-state index in [4.69, 9.17) is 0 Å². The van der Waals surface area contributed by atoms with Gasteiger partial charge < -0.3 is 10.6 Å². The Morgan fingerprint density at radius 1 is 1.44 bits per heavy atom. The van der Waals surface area contributed by atoms with Gasteiger partial charge in [-0.15, -0.1) is 0 Å². The van der Waals surface area contributed by atoms with Crippen molar-refractivity contribution in [3.8, 4) is 0 Å². The van der Waals surface area contributed by atoms with E-state index in [0.29, 0.717) is 0 Å². The second-order valence-electron chi connectivity index (χ2n) is 4.18. The molecule has 0 radical (unpaired) electrons. The molecule has 0 saturated heterocycles. The molecule has 2 N–H and O–H groups in total. The fourth-order valence-electron chi connectivity index (χ4n) is 1.83. The summed E-state index contributed by atoms with van der Waals surface area (Å²) in [5.74, 6) is 0.840. The molecule has 1 atom stereocenters. The number of hydrogen-bond donors (Lipinski definition) is 2. The van der Waals surface area contributed by atoms with Crippen LogP contribution in [0.3, 0.4) is 0 Å². The number of nitrogens with one attached hydrogen (secondary N) is 2. The van der Waals surface area contributed by atoms with Crippen molar-refractivity contribution in [3.05, 3.63) is 17.8 Å². The van der Waals surface area contributed by atoms with Gasteiger partial charge in [-0.2, -0.15) is 0 Å². The predicted molar refractivity (Wildman–Crippen MR) is 64.5 cm³/mol. The van der Waals surface area contributed by atoms with E-state index in [1.54, 1.807) is 0 Å². The van der Waals surface area contributed by atoms with Gasteiger partial charge in [0, 0.05) is 5.69 Å². The van der Waals surface area contributed by atoms with Crippen molar-refractivity contribution >= 4 is 17.4 Å². The molecule has 0 aromatic carbocycles. The molecule has 1 unspecified atom stereocenters. The minimum absolute atomic E-state index is 0.0478. The fraction of sp³-hybridized carbons (Fsp3) is 0.500. The number of carbonyl (C=O) groups excluding carboxylic acids is 1. The molecule has 2 rings (SSSR count). The van der Waals surface area contributed by atoms with E-state index >= 15 is 0 Å². The van der Waals surface area contributed by atoms with Crippen LogP contribution in [0.4, 0.5) is 11.5 Å². The third-order valence-corrected chi connectivity index (χ3v) is 2.77. The Morgan fingerprint density at radius 2 is 2.25 bits per heavy atom. The van der Waals surface area contributed by atoms with Gasteiger partial charge >= 0.3 is 0 Å². The number of nitrogens with zero attached hydrogens (tertiary/aromatic N) is 1. The van der Waals surface area contributed by atoms with Gasteiger partial charge in [0.15, 0.2) is 5.82 Å². The zero-order valence-corrected chi connectivity index (χ0v) is 9.71. The summed E-state index contributed by atoms with van der Waals surface area (Å²) in [6.45, 7) is 4.07. The van der Waals surface area contributed by atoms with Gasteiger partial charge in [-0.3, -0.25) is 4.79 Å². The number of anilines is 2. The standard InChI is InChI=1S/C12H17N3O/c1-3-4-5-10-12(16)15-9-7-6-8(2)13-11(9)14-10/h6-7,10H,3-5H2,1-2H3,(H,13,14)(H,15,16). The fourth-order valence-corrected chi connectivity index (χ4v) is 1.83. The van der Waals surface area contributed by atoms with Crippen LogP contribution >= 0.6 is 0 Å². The van der Waals surface area contributed by atoms with Crippen LogP contribution in [-0.2, 0) is 4.79 Å². The molecule has 0 aliphatic carbocycles. The molecule has 1 aliphatic heterocycles. The summed E-state index contributed by atoms with van der Waals surface area (Å²) in [6, 6.07) is 3.65. The maximum absolute atomic E-state index is 11.7. The largest absolute Gasteiger partial charge is 0.357 e. The molecular weight excluding hydrogens is 202 g/mol. The van der Waals surface area contributed by atoms with Gasteiger partial charge in [0.2, 0.25) is 5.91 Å². The van der Waals surface area contributed by atoms with Crippen LogP contribution in [0.25, 0.3) is 0 Å². The summed E-state index contributed by atoms with van der Waals surface area (Å²) in [5, 5.41) is 6.08. The lowest BCUT2D eigenvalue weighted by Crippen LogP contribution is -2.39. The van der Waals surface area contributed by atoms with E-state index in [2.05, 4.69) is 22.5 Å². The van der Waals surface area contributed by atoms with Crippen LogP contribution in [0.15, 0.2) is 12.1 Å². The number of aryl methyl sites for hydroxylation is 1. The minimum atomic E-state index is -0.137. The summed E-state index contributed by atoms with van der Waals surface area (Å²) in [6.07, 6.45) is 3.00. The van der Waals surface area contributed by atoms with Crippen molar-refractivity contribution in [1.82, 2.24) is 4.98 Å². The van der Waals surface area contributed by atoms with Gasteiger partial charge in [0.1, 0.15) is 6.04 Å². The SMILES string of the molecule is CCCCC1Nc2nc(C)ccc2NC1=O. The van der Waals surface area contributed by atoms with Gasteiger partial charge in [0.05, 0.1) is 5.69 Å². The average molecular weight is 219 g/mol. The van der Waals surface area contributed by atoms with Crippen molar-refractivity contribution < 1.29 is 4.79 Å². The van der Waals surface area contributed by atoms with E-state index < -0.39 is 0 Å². The molecule has 16 heavy (non-hydrogen) atoms. The quantitative estimate of drug-likeness (QED) is 0.820. The second kappa shape index (κ2) is 4.51. The Kier molecular flexibility index (Phi) is 3.08. The highest BCUT2D eigenvalue weighted by Gasteiger charge is 2.25. The summed E-state index contributed by atoms with van der Waals surface area (Å²) in [4.78, 5) is 16.1. The molecular formula is C12H17N3O. The molecule has 1 aromatic heterocycles. The van der Waals surface area contributed by atoms with E-state index in [1.165, 1.54) is 0 Å². The van der Waals surface area contributed by atoms with E-state index in [0.717, 1.165) is 36.5 Å². The zero-order chi connectivity index (χ0) is 11.5. The Hall–Kier alpha value is -1.58. The monoisotopic (exact) mass is 219 g/mol. The second-order valence-corrected chi connectivity index (χ2v) is 4.18. The Labute approximate surface area is 95.5 Å². The minimum Gasteiger partial charge on any atom is -0.357 e. The maximum atomic E-state index is 11.7. The lowest BCUT2D eigenvalue weighted by Gasteiger charge is -2.26. The molecule has 86 valence electrons. The first-order chi connectivity index (χ1) is 7.70. The van der Waals surface area contributed by atoms with Crippen molar-refractivity contribution in [3.63, 3.8) is 0 Å². The van der Waals surface area contributed by atoms with Crippen LogP contribution in [0.2, 0.25) is 0 Å². The van der Waals surface area contributed by atoms with E-state index in [9.17, 15) is 4.79 Å².